The summed E-state index contributed by atoms with van der Waals surface area (Å²) in [6.45, 7) is 0.867. The standard InChI is InChI=1S/C21H25NO5/c1-22-7-6-11-8-16(26-4)21(27-5)18-12-9-14(24-2)15(25-3)10-13(12)20(23)19(22)17(11)18/h8-10,19-20,23H,6-7H2,1-5H3/t19-,20?/m0/s1. The Bertz CT molecular complexity index is 895. The summed E-state index contributed by atoms with van der Waals surface area (Å²) in [5.74, 6) is 2.59. The molecule has 0 aromatic heterocycles. The number of benzene rings is 2. The average Bonchev–Trinajstić information content (AvgIpc) is 2.70. The minimum atomic E-state index is -0.672. The normalized spacial score (nSPS) is 20.5. The third-order valence-electron chi connectivity index (χ3n) is 5.74. The molecule has 6 heteroatoms. The molecule has 2 aromatic carbocycles. The van der Waals surface area contributed by atoms with Crippen molar-refractivity contribution >= 4 is 0 Å². The van der Waals surface area contributed by atoms with Crippen LogP contribution in [0.15, 0.2) is 18.2 Å². The van der Waals surface area contributed by atoms with Gasteiger partial charge in [-0.25, -0.2) is 0 Å². The van der Waals surface area contributed by atoms with E-state index in [1.807, 2.05) is 25.2 Å². The molecular weight excluding hydrogens is 346 g/mol. The van der Waals surface area contributed by atoms with Gasteiger partial charge in [0.25, 0.3) is 0 Å². The van der Waals surface area contributed by atoms with Crippen LogP contribution in [0.3, 0.4) is 0 Å². The average molecular weight is 371 g/mol. The molecule has 1 unspecified atom stereocenters. The number of nitrogens with zero attached hydrogens (tertiary/aromatic N) is 1. The van der Waals surface area contributed by atoms with Crippen molar-refractivity contribution in [3.8, 4) is 34.1 Å². The van der Waals surface area contributed by atoms with Crippen LogP contribution in [0.4, 0.5) is 0 Å². The molecule has 27 heavy (non-hydrogen) atoms. The molecule has 2 aromatic rings. The molecule has 2 atom stereocenters. The highest BCUT2D eigenvalue weighted by atomic mass is 16.5. The fraction of sp³-hybridized carbons (Fsp3) is 0.429. The maximum absolute atomic E-state index is 11.3. The van der Waals surface area contributed by atoms with Crippen LogP contribution in [0.1, 0.15) is 28.8 Å². The van der Waals surface area contributed by atoms with Gasteiger partial charge in [0.1, 0.15) is 0 Å². The highest BCUT2D eigenvalue weighted by Gasteiger charge is 2.42. The first-order valence-electron chi connectivity index (χ1n) is 8.98. The Labute approximate surface area is 159 Å². The zero-order valence-corrected chi connectivity index (χ0v) is 16.3. The summed E-state index contributed by atoms with van der Waals surface area (Å²) in [5.41, 5.74) is 4.94. The fourth-order valence-corrected chi connectivity index (χ4v) is 4.46. The number of ether oxygens (including phenoxy) is 4. The summed E-state index contributed by atoms with van der Waals surface area (Å²) in [4.78, 5) is 2.20. The molecule has 0 fully saturated rings. The zero-order valence-electron chi connectivity index (χ0n) is 16.3. The molecule has 144 valence electrons. The number of likely N-dealkylation sites (N-methyl/N-ethyl adjacent to an activating group) is 1. The second-order valence-electron chi connectivity index (χ2n) is 6.97. The largest absolute Gasteiger partial charge is 0.493 e. The molecule has 0 amide bonds. The van der Waals surface area contributed by atoms with Crippen molar-refractivity contribution < 1.29 is 24.1 Å². The SMILES string of the molecule is COc1cc2c(cc1OC)C(O)[C@@H]1c3c(cc(OC)c(OC)c3-2)CCN1C. The highest BCUT2D eigenvalue weighted by molar-refractivity contribution is 5.85. The molecule has 0 saturated heterocycles. The first-order chi connectivity index (χ1) is 13.0. The lowest BCUT2D eigenvalue weighted by molar-refractivity contribution is 0.0540. The van der Waals surface area contributed by atoms with Gasteiger partial charge in [-0.2, -0.15) is 0 Å². The highest BCUT2D eigenvalue weighted by Crippen LogP contribution is 2.57. The van der Waals surface area contributed by atoms with Crippen molar-refractivity contribution in [2.45, 2.75) is 18.6 Å². The Hall–Kier alpha value is -2.44. The minimum Gasteiger partial charge on any atom is -0.493 e. The molecule has 0 bridgehead atoms. The number of hydrogen-bond donors (Lipinski definition) is 1. The second kappa shape index (κ2) is 6.62. The van der Waals surface area contributed by atoms with Gasteiger partial charge >= 0.3 is 0 Å². The number of aliphatic hydroxyl groups is 1. The molecule has 1 heterocycles. The topological polar surface area (TPSA) is 60.4 Å². The van der Waals surface area contributed by atoms with Gasteiger partial charge in [-0.1, -0.05) is 0 Å². The summed E-state index contributed by atoms with van der Waals surface area (Å²) in [6, 6.07) is 5.67. The van der Waals surface area contributed by atoms with Crippen LogP contribution in [0, 0.1) is 0 Å². The zero-order chi connectivity index (χ0) is 19.3. The lowest BCUT2D eigenvalue weighted by Gasteiger charge is -2.43. The molecule has 1 aliphatic heterocycles. The van der Waals surface area contributed by atoms with E-state index in [4.69, 9.17) is 18.9 Å². The van der Waals surface area contributed by atoms with E-state index in [1.165, 1.54) is 5.56 Å². The molecule has 6 nitrogen and oxygen atoms in total. The van der Waals surface area contributed by atoms with Gasteiger partial charge in [-0.15, -0.1) is 0 Å². The quantitative estimate of drug-likeness (QED) is 0.892. The molecule has 0 radical (unpaired) electrons. The monoisotopic (exact) mass is 371 g/mol. The van der Waals surface area contributed by atoms with Crippen LogP contribution < -0.4 is 18.9 Å². The Balaban J connectivity index is 2.11. The van der Waals surface area contributed by atoms with Crippen molar-refractivity contribution in [3.63, 3.8) is 0 Å². The van der Waals surface area contributed by atoms with Gasteiger partial charge in [-0.3, -0.25) is 4.90 Å². The van der Waals surface area contributed by atoms with Gasteiger partial charge in [-0.05, 0) is 53.9 Å². The van der Waals surface area contributed by atoms with E-state index in [9.17, 15) is 5.11 Å². The summed E-state index contributed by atoms with van der Waals surface area (Å²) in [7, 11) is 8.55. The van der Waals surface area contributed by atoms with Crippen LogP contribution in [0.2, 0.25) is 0 Å². The molecular formula is C21H25NO5. The Morgan fingerprint density at radius 2 is 1.59 bits per heavy atom. The number of aliphatic hydroxyl groups excluding tert-OH is 1. The molecule has 1 N–H and O–H groups in total. The van der Waals surface area contributed by atoms with Crippen molar-refractivity contribution in [2.75, 3.05) is 42.0 Å². The van der Waals surface area contributed by atoms with E-state index in [0.717, 1.165) is 35.2 Å². The van der Waals surface area contributed by atoms with Crippen molar-refractivity contribution in [1.82, 2.24) is 4.90 Å². The van der Waals surface area contributed by atoms with E-state index in [0.29, 0.717) is 23.0 Å². The minimum absolute atomic E-state index is 0.144. The maximum Gasteiger partial charge on any atom is 0.168 e. The third kappa shape index (κ3) is 2.47. The number of hydrogen-bond acceptors (Lipinski definition) is 6. The third-order valence-corrected chi connectivity index (χ3v) is 5.74. The van der Waals surface area contributed by atoms with Gasteiger partial charge in [0, 0.05) is 12.1 Å². The van der Waals surface area contributed by atoms with E-state index >= 15 is 0 Å². The first kappa shape index (κ1) is 17.9. The number of fused-ring (bicyclic) bond motifs is 2. The van der Waals surface area contributed by atoms with Crippen LogP contribution >= 0.6 is 0 Å². The summed E-state index contributed by atoms with van der Waals surface area (Å²) < 4.78 is 22.4. The maximum atomic E-state index is 11.3. The Morgan fingerprint density at radius 1 is 0.926 bits per heavy atom. The van der Waals surface area contributed by atoms with E-state index < -0.39 is 6.10 Å². The van der Waals surface area contributed by atoms with Crippen LogP contribution in [0.5, 0.6) is 23.0 Å². The molecule has 0 spiro atoms. The Morgan fingerprint density at radius 3 is 2.22 bits per heavy atom. The van der Waals surface area contributed by atoms with Crippen LogP contribution in [-0.4, -0.2) is 52.0 Å². The fourth-order valence-electron chi connectivity index (χ4n) is 4.46. The van der Waals surface area contributed by atoms with Gasteiger partial charge < -0.3 is 24.1 Å². The molecule has 2 aliphatic rings. The lowest BCUT2D eigenvalue weighted by atomic mass is 9.75. The van der Waals surface area contributed by atoms with Crippen molar-refractivity contribution in [3.05, 3.63) is 34.9 Å². The van der Waals surface area contributed by atoms with Gasteiger partial charge in [0.15, 0.2) is 23.0 Å². The number of rotatable bonds is 4. The van der Waals surface area contributed by atoms with Crippen molar-refractivity contribution in [1.29, 1.82) is 0 Å². The van der Waals surface area contributed by atoms with Crippen molar-refractivity contribution in [2.24, 2.45) is 0 Å². The van der Waals surface area contributed by atoms with Gasteiger partial charge in [0.05, 0.1) is 40.6 Å². The smallest absolute Gasteiger partial charge is 0.168 e. The summed E-state index contributed by atoms with van der Waals surface area (Å²) in [5, 5.41) is 11.3. The van der Waals surface area contributed by atoms with Crippen LogP contribution in [-0.2, 0) is 6.42 Å². The predicted molar refractivity (Wildman–Crippen MR) is 102 cm³/mol. The molecule has 0 saturated carbocycles. The van der Waals surface area contributed by atoms with E-state index in [2.05, 4.69) is 4.90 Å². The summed E-state index contributed by atoms with van der Waals surface area (Å²) >= 11 is 0. The molecule has 4 rings (SSSR count). The van der Waals surface area contributed by atoms with E-state index in [-0.39, 0.29) is 6.04 Å². The summed E-state index contributed by atoms with van der Waals surface area (Å²) in [6.07, 6.45) is 0.222. The first-order valence-corrected chi connectivity index (χ1v) is 8.98. The number of methoxy groups -OCH3 is 4. The predicted octanol–water partition coefficient (Wildman–Crippen LogP) is 2.96. The van der Waals surface area contributed by atoms with Gasteiger partial charge in [0.2, 0.25) is 0 Å². The Kier molecular flexibility index (Phi) is 4.40. The lowest BCUT2D eigenvalue weighted by Crippen LogP contribution is -2.38. The van der Waals surface area contributed by atoms with E-state index in [1.54, 1.807) is 28.4 Å². The van der Waals surface area contributed by atoms with Crippen LogP contribution in [0.25, 0.3) is 11.1 Å². The molecule has 1 aliphatic carbocycles. The second-order valence-corrected chi connectivity index (χ2v) is 6.97.